The Kier molecular flexibility index (Phi) is 7.51. The topological polar surface area (TPSA) is 80.3 Å². The second-order valence-electron chi connectivity index (χ2n) is 6.38. The molecular weight excluding hydrogens is 294 g/mol. The number of carbonyl (C=O) groups excluding carboxylic acids is 2. The van der Waals surface area contributed by atoms with Crippen molar-refractivity contribution in [2.45, 2.75) is 58.6 Å². The van der Waals surface area contributed by atoms with Gasteiger partial charge in [-0.1, -0.05) is 0 Å². The van der Waals surface area contributed by atoms with Crippen molar-refractivity contribution in [2.24, 2.45) is 0 Å². The van der Waals surface area contributed by atoms with E-state index >= 15 is 0 Å². The molecule has 1 rings (SSSR count). The van der Waals surface area contributed by atoms with Crippen LogP contribution in [0, 0.1) is 6.92 Å². The minimum Gasteiger partial charge on any atom is -0.444 e. The Morgan fingerprint density at radius 1 is 1.39 bits per heavy atom. The van der Waals surface area contributed by atoms with Crippen LogP contribution in [0.15, 0.2) is 18.3 Å². The van der Waals surface area contributed by atoms with Gasteiger partial charge in [-0.2, -0.15) is 0 Å². The summed E-state index contributed by atoms with van der Waals surface area (Å²) in [5.74, 6) is 0. The van der Waals surface area contributed by atoms with Crippen LogP contribution in [0.3, 0.4) is 0 Å². The van der Waals surface area contributed by atoms with E-state index in [1.165, 1.54) is 0 Å². The van der Waals surface area contributed by atoms with Crippen molar-refractivity contribution in [3.63, 3.8) is 0 Å². The van der Waals surface area contributed by atoms with E-state index < -0.39 is 17.7 Å². The van der Waals surface area contributed by atoms with Crippen LogP contribution >= 0.6 is 0 Å². The monoisotopic (exact) mass is 320 g/mol. The van der Waals surface area contributed by atoms with E-state index in [4.69, 9.17) is 4.74 Å². The summed E-state index contributed by atoms with van der Waals surface area (Å²) in [5, 5.41) is 5.83. The molecule has 0 aliphatic carbocycles. The smallest absolute Gasteiger partial charge is 0.408 e. The number of alkyl carbamates (subject to hydrolysis) is 1. The van der Waals surface area contributed by atoms with Crippen molar-refractivity contribution >= 4 is 18.1 Å². The second kappa shape index (κ2) is 9.12. The summed E-state index contributed by atoms with van der Waals surface area (Å²) in [6, 6.07) is 3.23. The molecule has 0 aliphatic heterocycles. The summed E-state index contributed by atoms with van der Waals surface area (Å²) in [4.78, 5) is 26.7. The minimum atomic E-state index is -0.634. The number of nitrogens with zero attached hydrogens (tertiary/aromatic N) is 1. The normalized spacial score (nSPS) is 12.3. The van der Waals surface area contributed by atoms with Gasteiger partial charge in [0.1, 0.15) is 5.60 Å². The lowest BCUT2D eigenvalue weighted by Gasteiger charge is -2.21. The number of pyridine rings is 1. The molecule has 6 heteroatoms. The molecule has 0 fully saturated rings. The Balaban J connectivity index is 2.24. The van der Waals surface area contributed by atoms with Gasteiger partial charge in [-0.15, -0.1) is 0 Å². The van der Waals surface area contributed by atoms with Gasteiger partial charge >= 0.3 is 6.09 Å². The summed E-state index contributed by atoms with van der Waals surface area (Å²) in [6.45, 7) is 8.06. The largest absolute Gasteiger partial charge is 0.444 e. The van der Waals surface area contributed by atoms with Crippen molar-refractivity contribution in [3.8, 4) is 0 Å². The van der Waals surface area contributed by atoms with Gasteiger partial charge in [-0.05, 0) is 59.1 Å². The van der Waals surface area contributed by atoms with Crippen molar-refractivity contribution in [3.05, 3.63) is 24.0 Å². The van der Waals surface area contributed by atoms with Crippen molar-refractivity contribution in [1.29, 1.82) is 0 Å². The fourth-order valence-corrected chi connectivity index (χ4v) is 1.98. The molecule has 0 spiro atoms. The zero-order valence-corrected chi connectivity index (χ0v) is 14.3. The Labute approximate surface area is 138 Å². The summed E-state index contributed by atoms with van der Waals surface area (Å²) in [6.07, 6.45) is 5.22. The first kappa shape index (κ1) is 18.9. The summed E-state index contributed by atoms with van der Waals surface area (Å²) < 4.78 is 5.12. The zero-order valence-electron chi connectivity index (χ0n) is 14.3. The highest BCUT2D eigenvalue weighted by Gasteiger charge is 2.19. The first-order valence-electron chi connectivity index (χ1n) is 7.84. The number of nitrogens with one attached hydrogen (secondary N) is 2. The minimum absolute atomic E-state index is 0.538. The number of amides is 1. The molecular formula is C17H26N3O3. The van der Waals surface area contributed by atoms with Gasteiger partial charge in [0.2, 0.25) is 6.29 Å². The maximum atomic E-state index is 11.6. The molecule has 1 aromatic heterocycles. The molecule has 0 aliphatic rings. The lowest BCUT2D eigenvalue weighted by Crippen LogP contribution is -2.39. The molecule has 1 atom stereocenters. The summed E-state index contributed by atoms with van der Waals surface area (Å²) in [7, 11) is 0. The van der Waals surface area contributed by atoms with Crippen LogP contribution in [0.2, 0.25) is 0 Å². The molecule has 1 amide bonds. The fourth-order valence-electron chi connectivity index (χ4n) is 1.98. The van der Waals surface area contributed by atoms with Gasteiger partial charge in [0.05, 0.1) is 17.4 Å². The molecule has 6 nitrogen and oxygen atoms in total. The van der Waals surface area contributed by atoms with E-state index in [2.05, 4.69) is 15.6 Å². The average molecular weight is 320 g/mol. The molecule has 0 saturated heterocycles. The van der Waals surface area contributed by atoms with Gasteiger partial charge in [0.15, 0.2) is 0 Å². The third kappa shape index (κ3) is 8.18. The molecule has 0 bridgehead atoms. The molecule has 1 radical (unpaired) electrons. The number of aryl methyl sites for hydroxylation is 1. The molecule has 0 unspecified atom stereocenters. The molecule has 1 heterocycles. The fraction of sp³-hybridized carbons (Fsp3) is 0.588. The van der Waals surface area contributed by atoms with Crippen molar-refractivity contribution in [1.82, 2.24) is 10.3 Å². The number of hydrogen-bond donors (Lipinski definition) is 2. The van der Waals surface area contributed by atoms with Gasteiger partial charge in [-0.25, -0.2) is 4.79 Å². The number of unbranched alkanes of at least 4 members (excludes halogenated alkanes) is 1. The van der Waals surface area contributed by atoms with Crippen molar-refractivity contribution in [2.75, 3.05) is 11.9 Å². The number of rotatable bonds is 8. The lowest BCUT2D eigenvalue weighted by atomic mass is 10.1. The predicted octanol–water partition coefficient (Wildman–Crippen LogP) is 2.98. The van der Waals surface area contributed by atoms with Crippen LogP contribution in [0.4, 0.5) is 10.5 Å². The first-order chi connectivity index (χ1) is 10.8. The molecule has 2 N–H and O–H groups in total. The zero-order chi connectivity index (χ0) is 17.3. The maximum Gasteiger partial charge on any atom is 0.408 e. The van der Waals surface area contributed by atoms with E-state index in [-0.39, 0.29) is 0 Å². The van der Waals surface area contributed by atoms with Crippen LogP contribution in [0.5, 0.6) is 0 Å². The van der Waals surface area contributed by atoms with E-state index in [0.29, 0.717) is 6.42 Å². The number of carbonyl (C=O) groups is 1. The molecule has 1 aromatic rings. The Bertz CT molecular complexity index is 512. The van der Waals surface area contributed by atoms with E-state index in [1.54, 1.807) is 27.0 Å². The Morgan fingerprint density at radius 2 is 2.13 bits per heavy atom. The Hall–Kier alpha value is -2.11. The lowest BCUT2D eigenvalue weighted by molar-refractivity contribution is 0.0515. The number of hydrogen-bond acceptors (Lipinski definition) is 5. The van der Waals surface area contributed by atoms with E-state index in [9.17, 15) is 9.59 Å². The van der Waals surface area contributed by atoms with Crippen molar-refractivity contribution < 1.29 is 14.3 Å². The second-order valence-corrected chi connectivity index (χ2v) is 6.38. The van der Waals surface area contributed by atoms with Gasteiger partial charge in [-0.3, -0.25) is 9.78 Å². The average Bonchev–Trinajstić information content (AvgIpc) is 2.45. The van der Waals surface area contributed by atoms with Crippen LogP contribution in [0.1, 0.15) is 45.7 Å². The first-order valence-corrected chi connectivity index (χ1v) is 7.84. The number of ether oxygens (including phenoxy) is 1. The van der Waals surface area contributed by atoms with E-state index in [0.717, 1.165) is 30.8 Å². The van der Waals surface area contributed by atoms with Crippen LogP contribution in [0.25, 0.3) is 0 Å². The summed E-state index contributed by atoms with van der Waals surface area (Å²) in [5.41, 5.74) is 1.39. The third-order valence-electron chi connectivity index (χ3n) is 3.08. The highest BCUT2D eigenvalue weighted by molar-refractivity contribution is 5.73. The third-order valence-corrected chi connectivity index (χ3v) is 3.08. The van der Waals surface area contributed by atoms with E-state index in [1.807, 2.05) is 25.3 Å². The molecule has 0 saturated carbocycles. The summed E-state index contributed by atoms with van der Waals surface area (Å²) >= 11 is 0. The molecule has 23 heavy (non-hydrogen) atoms. The van der Waals surface area contributed by atoms with Crippen LogP contribution < -0.4 is 10.6 Å². The standard InChI is InChI=1S/C17H26N3O3/c1-13-15(9-7-11-18-13)19-10-6-5-8-14(12-21)20-16(22)23-17(2,3)4/h7,9,11,14,19H,5-6,8,10H2,1-4H3,(H,20,22)/t14-/m0/s1. The van der Waals surface area contributed by atoms with Gasteiger partial charge in [0.25, 0.3) is 0 Å². The highest BCUT2D eigenvalue weighted by atomic mass is 16.6. The van der Waals surface area contributed by atoms with Crippen LogP contribution in [-0.2, 0) is 9.53 Å². The van der Waals surface area contributed by atoms with Gasteiger partial charge < -0.3 is 15.4 Å². The molecule has 0 aromatic carbocycles. The predicted molar refractivity (Wildman–Crippen MR) is 90.2 cm³/mol. The SMILES string of the molecule is Cc1ncccc1NCCCC[C@@H]([C]=O)NC(=O)OC(C)(C)C. The van der Waals surface area contributed by atoms with Gasteiger partial charge in [0, 0.05) is 12.7 Å². The van der Waals surface area contributed by atoms with Crippen LogP contribution in [-0.4, -0.2) is 35.6 Å². The highest BCUT2D eigenvalue weighted by Crippen LogP contribution is 2.11. The Morgan fingerprint density at radius 3 is 2.74 bits per heavy atom. The maximum absolute atomic E-state index is 11.6. The number of aromatic nitrogens is 1. The quantitative estimate of drug-likeness (QED) is 0.720. The number of anilines is 1. The molecule has 127 valence electrons.